The van der Waals surface area contributed by atoms with Crippen LogP contribution < -0.4 is 10.9 Å². The largest absolute Gasteiger partial charge is 0.416 e. The second-order valence-electron chi connectivity index (χ2n) is 9.63. The summed E-state index contributed by atoms with van der Waals surface area (Å²) in [6.45, 7) is 3.61. The van der Waals surface area contributed by atoms with Gasteiger partial charge in [-0.25, -0.2) is 13.4 Å². The molecule has 1 unspecified atom stereocenters. The van der Waals surface area contributed by atoms with E-state index in [-0.39, 0.29) is 62.7 Å². The molecule has 1 atom stereocenters. The number of rotatable bonds is 7. The van der Waals surface area contributed by atoms with Gasteiger partial charge in [-0.3, -0.25) is 19.1 Å². The number of carbonyl (C=O) groups is 1. The summed E-state index contributed by atoms with van der Waals surface area (Å²) < 4.78 is 68.6. The Hall–Kier alpha value is -2.96. The monoisotopic (exact) mass is 584 g/mol. The summed E-state index contributed by atoms with van der Waals surface area (Å²) in [7, 11) is -3.65. The molecule has 1 saturated heterocycles. The van der Waals surface area contributed by atoms with Gasteiger partial charge >= 0.3 is 6.18 Å². The summed E-state index contributed by atoms with van der Waals surface area (Å²) in [5.74, 6) is -0.367. The van der Waals surface area contributed by atoms with Gasteiger partial charge in [0.05, 0.1) is 40.0 Å². The average molecular weight is 585 g/mol. The highest BCUT2D eigenvalue weighted by molar-refractivity contribution is 7.91. The quantitative estimate of drug-likeness (QED) is 0.450. The highest BCUT2D eigenvalue weighted by Crippen LogP contribution is 2.35. The molecule has 1 N–H and O–H groups in total. The number of sulfone groups is 1. The summed E-state index contributed by atoms with van der Waals surface area (Å²) in [6.07, 6.45) is -2.06. The van der Waals surface area contributed by atoms with Gasteiger partial charge < -0.3 is 5.32 Å². The van der Waals surface area contributed by atoms with Crippen molar-refractivity contribution in [2.45, 2.75) is 56.9 Å². The summed E-state index contributed by atoms with van der Waals surface area (Å²) in [6, 6.07) is 6.13. The van der Waals surface area contributed by atoms with Gasteiger partial charge in [0, 0.05) is 31.1 Å². The number of nitrogens with zero attached hydrogens (tertiary/aromatic N) is 3. The summed E-state index contributed by atoms with van der Waals surface area (Å²) in [4.78, 5) is 30.8. The van der Waals surface area contributed by atoms with Crippen LogP contribution in [-0.4, -0.2) is 53.7 Å². The van der Waals surface area contributed by atoms with E-state index in [0.717, 1.165) is 23.5 Å². The van der Waals surface area contributed by atoms with Crippen molar-refractivity contribution in [1.29, 1.82) is 0 Å². The molecule has 1 fully saturated rings. The second-order valence-corrected chi connectivity index (χ2v) is 12.3. The third-order valence-electron chi connectivity index (χ3n) is 6.74. The number of hydrogen-bond acceptors (Lipinski definition) is 6. The van der Waals surface area contributed by atoms with Gasteiger partial charge in [0.2, 0.25) is 5.91 Å². The number of piperidine rings is 1. The summed E-state index contributed by atoms with van der Waals surface area (Å²) in [5, 5.41) is 2.84. The molecule has 2 aromatic carbocycles. The zero-order valence-corrected chi connectivity index (χ0v) is 23.0. The molecule has 4 rings (SSSR count). The van der Waals surface area contributed by atoms with Gasteiger partial charge in [0.1, 0.15) is 0 Å². The fourth-order valence-corrected chi connectivity index (χ4v) is 6.22. The van der Waals surface area contributed by atoms with Gasteiger partial charge in [-0.15, -0.1) is 0 Å². The standard InChI is InChI=1S/C26H28ClF3N4O4S/c1-3-39(37,38)24-7-6-19(27)9-18(24)13-34-15-31-23-10-17(22(26(28,29)30)11-21(23)25(34)36)12-33-8-4-5-20(14-33)32-16(2)35/h6-7,9-11,15,20H,3-5,8,12-14H2,1-2H3,(H,32,35). The normalized spacial score (nSPS) is 16.9. The van der Waals surface area contributed by atoms with Crippen molar-refractivity contribution >= 4 is 38.2 Å². The lowest BCUT2D eigenvalue weighted by molar-refractivity contribution is -0.138. The number of alkyl halides is 3. The van der Waals surface area contributed by atoms with E-state index in [1.807, 2.05) is 4.90 Å². The number of aromatic nitrogens is 2. The molecule has 3 aromatic rings. The zero-order valence-electron chi connectivity index (χ0n) is 21.4. The van der Waals surface area contributed by atoms with Crippen molar-refractivity contribution in [2.24, 2.45) is 0 Å². The molecule has 210 valence electrons. The third kappa shape index (κ3) is 6.62. The predicted octanol–water partition coefficient (Wildman–Crippen LogP) is 4.01. The van der Waals surface area contributed by atoms with Gasteiger partial charge in [-0.1, -0.05) is 18.5 Å². The first-order valence-electron chi connectivity index (χ1n) is 12.4. The van der Waals surface area contributed by atoms with Gasteiger partial charge in [0.15, 0.2) is 9.84 Å². The fourth-order valence-electron chi connectivity index (χ4n) is 4.92. The number of benzene rings is 2. The molecule has 1 aliphatic heterocycles. The van der Waals surface area contributed by atoms with Crippen molar-refractivity contribution in [3.05, 3.63) is 68.7 Å². The van der Waals surface area contributed by atoms with Gasteiger partial charge in [-0.2, -0.15) is 13.2 Å². The smallest absolute Gasteiger partial charge is 0.352 e. The summed E-state index contributed by atoms with van der Waals surface area (Å²) in [5.41, 5.74) is -1.36. The second kappa shape index (κ2) is 11.3. The Morgan fingerprint density at radius 1 is 1.18 bits per heavy atom. The minimum Gasteiger partial charge on any atom is -0.352 e. The van der Waals surface area contributed by atoms with E-state index in [0.29, 0.717) is 13.1 Å². The lowest BCUT2D eigenvalue weighted by atomic mass is 10.0. The SMILES string of the molecule is CCS(=O)(=O)c1ccc(Cl)cc1Cn1cnc2cc(CN3CCCC(NC(C)=O)C3)c(C(F)(F)F)cc2c1=O. The summed E-state index contributed by atoms with van der Waals surface area (Å²) >= 11 is 6.07. The van der Waals surface area contributed by atoms with Crippen LogP contribution in [-0.2, 0) is 33.9 Å². The number of halogens is 4. The minimum atomic E-state index is -4.72. The van der Waals surface area contributed by atoms with Crippen LogP contribution >= 0.6 is 11.6 Å². The number of fused-ring (bicyclic) bond motifs is 1. The molecule has 8 nitrogen and oxygen atoms in total. The lowest BCUT2D eigenvalue weighted by Crippen LogP contribution is -2.46. The molecular formula is C26H28ClF3N4O4S. The molecule has 39 heavy (non-hydrogen) atoms. The van der Waals surface area contributed by atoms with E-state index in [2.05, 4.69) is 10.3 Å². The first-order chi connectivity index (χ1) is 18.3. The first-order valence-corrected chi connectivity index (χ1v) is 14.4. The van der Waals surface area contributed by atoms with Crippen molar-refractivity contribution in [1.82, 2.24) is 19.8 Å². The van der Waals surface area contributed by atoms with Crippen molar-refractivity contribution in [3.63, 3.8) is 0 Å². The maximum atomic E-state index is 14.1. The van der Waals surface area contributed by atoms with Crippen molar-refractivity contribution in [2.75, 3.05) is 18.8 Å². The molecule has 0 saturated carbocycles. The van der Waals surface area contributed by atoms with E-state index in [9.17, 15) is 31.2 Å². The number of hydrogen-bond donors (Lipinski definition) is 1. The lowest BCUT2D eigenvalue weighted by Gasteiger charge is -2.33. The Balaban J connectivity index is 1.73. The van der Waals surface area contributed by atoms with Crippen molar-refractivity contribution < 1.29 is 26.4 Å². The fraction of sp³-hybridized carbons (Fsp3) is 0.423. The van der Waals surface area contributed by atoms with Crippen LogP contribution in [0.2, 0.25) is 5.02 Å². The van der Waals surface area contributed by atoms with E-state index in [1.165, 1.54) is 44.4 Å². The van der Waals surface area contributed by atoms with E-state index >= 15 is 0 Å². The van der Waals surface area contributed by atoms with Crippen LogP contribution in [0.15, 0.2) is 46.3 Å². The molecule has 0 spiro atoms. The highest BCUT2D eigenvalue weighted by atomic mass is 35.5. The van der Waals surface area contributed by atoms with Crippen LogP contribution in [0.3, 0.4) is 0 Å². The maximum absolute atomic E-state index is 14.1. The molecule has 1 amide bonds. The zero-order chi connectivity index (χ0) is 28.5. The van der Waals surface area contributed by atoms with Crippen LogP contribution in [0, 0.1) is 0 Å². The number of nitrogens with one attached hydrogen (secondary N) is 1. The van der Waals surface area contributed by atoms with Crippen LogP contribution in [0.4, 0.5) is 13.2 Å². The Bertz CT molecular complexity index is 1570. The van der Waals surface area contributed by atoms with E-state index in [1.54, 1.807) is 0 Å². The van der Waals surface area contributed by atoms with Crippen molar-refractivity contribution in [3.8, 4) is 0 Å². The first kappa shape index (κ1) is 29.0. The van der Waals surface area contributed by atoms with Gasteiger partial charge in [-0.05, 0) is 60.8 Å². The molecule has 0 radical (unpaired) electrons. The topological polar surface area (TPSA) is 101 Å². The number of likely N-dealkylation sites (tertiary alicyclic amines) is 1. The molecule has 1 aromatic heterocycles. The van der Waals surface area contributed by atoms with Crippen LogP contribution in [0.25, 0.3) is 10.9 Å². The molecule has 0 bridgehead atoms. The highest BCUT2D eigenvalue weighted by Gasteiger charge is 2.35. The Morgan fingerprint density at radius 2 is 1.92 bits per heavy atom. The predicted molar refractivity (Wildman–Crippen MR) is 141 cm³/mol. The molecule has 0 aliphatic carbocycles. The molecule has 13 heteroatoms. The van der Waals surface area contributed by atoms with Crippen LogP contribution in [0.1, 0.15) is 43.4 Å². The maximum Gasteiger partial charge on any atom is 0.416 e. The molecule has 2 heterocycles. The van der Waals surface area contributed by atoms with Gasteiger partial charge in [0.25, 0.3) is 5.56 Å². The number of carbonyl (C=O) groups excluding carboxylic acids is 1. The Morgan fingerprint density at radius 3 is 2.59 bits per heavy atom. The average Bonchev–Trinajstić information content (AvgIpc) is 2.84. The van der Waals surface area contributed by atoms with E-state index < -0.39 is 27.1 Å². The Kier molecular flexibility index (Phi) is 8.38. The van der Waals surface area contributed by atoms with Crippen LogP contribution in [0.5, 0.6) is 0 Å². The number of amides is 1. The molecule has 1 aliphatic rings. The van der Waals surface area contributed by atoms with E-state index in [4.69, 9.17) is 11.6 Å². The minimum absolute atomic E-state index is 0.00757. The Labute approximate surface area is 228 Å². The third-order valence-corrected chi connectivity index (χ3v) is 8.80. The molecular weight excluding hydrogens is 557 g/mol.